The lowest BCUT2D eigenvalue weighted by Crippen LogP contribution is -2.39. The smallest absolute Gasteiger partial charge is 0.337 e. The van der Waals surface area contributed by atoms with E-state index in [4.69, 9.17) is 5.11 Å². The van der Waals surface area contributed by atoms with Crippen LogP contribution in [0.25, 0.3) is 0 Å². The molecule has 0 aromatic heterocycles. The Bertz CT molecular complexity index is 612. The number of anilines is 1. The number of benzene rings is 1. The van der Waals surface area contributed by atoms with Gasteiger partial charge in [-0.15, -0.1) is 0 Å². The van der Waals surface area contributed by atoms with Crippen LogP contribution in [0, 0.1) is 6.92 Å². The number of amides is 3. The van der Waals surface area contributed by atoms with Gasteiger partial charge in [-0.2, -0.15) is 0 Å². The molecule has 22 heavy (non-hydrogen) atoms. The summed E-state index contributed by atoms with van der Waals surface area (Å²) >= 11 is 0. The predicted molar refractivity (Wildman–Crippen MR) is 78.5 cm³/mol. The van der Waals surface area contributed by atoms with Gasteiger partial charge in [0.2, 0.25) is 17.7 Å². The summed E-state index contributed by atoms with van der Waals surface area (Å²) in [6, 6.07) is 4.58. The van der Waals surface area contributed by atoms with Crippen LogP contribution in [0.4, 0.5) is 5.69 Å². The van der Waals surface area contributed by atoms with E-state index in [1.54, 1.807) is 13.0 Å². The summed E-state index contributed by atoms with van der Waals surface area (Å²) in [5.74, 6) is -2.60. The number of carboxylic acids is 1. The van der Waals surface area contributed by atoms with Crippen molar-refractivity contribution in [1.82, 2.24) is 10.6 Å². The fraction of sp³-hybridized carbons (Fsp3) is 0.286. The van der Waals surface area contributed by atoms with Crippen LogP contribution < -0.4 is 16.0 Å². The Labute approximate surface area is 126 Å². The molecule has 0 heterocycles. The zero-order chi connectivity index (χ0) is 16.7. The number of rotatable bonds is 6. The van der Waals surface area contributed by atoms with Crippen molar-refractivity contribution in [3.05, 3.63) is 29.3 Å². The van der Waals surface area contributed by atoms with Crippen LogP contribution in [0.15, 0.2) is 18.2 Å². The first-order chi connectivity index (χ1) is 10.3. The molecule has 0 aliphatic heterocycles. The molecule has 0 spiro atoms. The third kappa shape index (κ3) is 5.61. The number of carbonyl (C=O) groups excluding carboxylic acids is 3. The second kappa shape index (κ2) is 7.77. The normalized spacial score (nSPS) is 9.73. The Hall–Kier alpha value is -2.90. The molecule has 3 amide bonds. The fourth-order valence-electron chi connectivity index (χ4n) is 1.58. The molecule has 0 saturated carbocycles. The van der Waals surface area contributed by atoms with Gasteiger partial charge < -0.3 is 21.1 Å². The number of nitrogens with one attached hydrogen (secondary N) is 3. The largest absolute Gasteiger partial charge is 0.478 e. The van der Waals surface area contributed by atoms with Crippen LogP contribution in [0.3, 0.4) is 0 Å². The molecule has 0 unspecified atom stereocenters. The van der Waals surface area contributed by atoms with E-state index in [2.05, 4.69) is 16.0 Å². The monoisotopic (exact) mass is 307 g/mol. The average molecular weight is 307 g/mol. The van der Waals surface area contributed by atoms with Gasteiger partial charge in [0.1, 0.15) is 0 Å². The highest BCUT2D eigenvalue weighted by atomic mass is 16.4. The molecule has 1 aromatic carbocycles. The van der Waals surface area contributed by atoms with Crippen LogP contribution in [-0.2, 0) is 14.4 Å². The van der Waals surface area contributed by atoms with Crippen LogP contribution >= 0.6 is 0 Å². The van der Waals surface area contributed by atoms with E-state index >= 15 is 0 Å². The number of hydrogen-bond donors (Lipinski definition) is 4. The Morgan fingerprint density at radius 2 is 1.68 bits per heavy atom. The minimum absolute atomic E-state index is 0.0297. The lowest BCUT2D eigenvalue weighted by Gasteiger charge is -2.10. The van der Waals surface area contributed by atoms with Crippen LogP contribution in [0.2, 0.25) is 0 Å². The number of aryl methyl sites for hydroxylation is 1. The van der Waals surface area contributed by atoms with E-state index in [1.165, 1.54) is 19.1 Å². The Kier molecular flexibility index (Phi) is 6.06. The van der Waals surface area contributed by atoms with E-state index in [0.29, 0.717) is 0 Å². The molecule has 4 N–H and O–H groups in total. The third-order valence-corrected chi connectivity index (χ3v) is 2.62. The van der Waals surface area contributed by atoms with Crippen molar-refractivity contribution in [2.45, 2.75) is 13.8 Å². The summed E-state index contributed by atoms with van der Waals surface area (Å²) < 4.78 is 0. The molecular formula is C14H17N3O5. The summed E-state index contributed by atoms with van der Waals surface area (Å²) in [6.45, 7) is 2.45. The van der Waals surface area contributed by atoms with Crippen molar-refractivity contribution < 1.29 is 24.3 Å². The molecule has 0 saturated heterocycles. The SMILES string of the molecule is CC(=O)NCC(=O)NCC(=O)Nc1ccc(C)cc1C(=O)O. The molecular weight excluding hydrogens is 290 g/mol. The molecule has 118 valence electrons. The van der Waals surface area contributed by atoms with Gasteiger partial charge in [-0.3, -0.25) is 14.4 Å². The summed E-state index contributed by atoms with van der Waals surface area (Å²) in [4.78, 5) is 44.8. The van der Waals surface area contributed by atoms with Crippen molar-refractivity contribution >= 4 is 29.4 Å². The van der Waals surface area contributed by atoms with Gasteiger partial charge in [-0.1, -0.05) is 11.6 Å². The van der Waals surface area contributed by atoms with Gasteiger partial charge >= 0.3 is 5.97 Å². The lowest BCUT2D eigenvalue weighted by atomic mass is 10.1. The van der Waals surface area contributed by atoms with Gasteiger partial charge in [0, 0.05) is 6.92 Å². The topological polar surface area (TPSA) is 125 Å². The molecule has 0 atom stereocenters. The van der Waals surface area contributed by atoms with Gasteiger partial charge in [-0.25, -0.2) is 4.79 Å². The third-order valence-electron chi connectivity index (χ3n) is 2.62. The maximum Gasteiger partial charge on any atom is 0.337 e. The summed E-state index contributed by atoms with van der Waals surface area (Å²) in [5, 5.41) is 16.1. The second-order valence-corrected chi connectivity index (χ2v) is 4.59. The van der Waals surface area contributed by atoms with Gasteiger partial charge in [0.05, 0.1) is 24.3 Å². The minimum Gasteiger partial charge on any atom is -0.478 e. The molecule has 0 fully saturated rings. The highest BCUT2D eigenvalue weighted by Crippen LogP contribution is 2.17. The maximum atomic E-state index is 11.7. The Balaban J connectivity index is 2.57. The molecule has 1 aromatic rings. The highest BCUT2D eigenvalue weighted by molar-refractivity contribution is 6.02. The first-order valence-corrected chi connectivity index (χ1v) is 6.44. The first kappa shape index (κ1) is 17.2. The van der Waals surface area contributed by atoms with Crippen LogP contribution in [0.5, 0.6) is 0 Å². The molecule has 0 aliphatic carbocycles. The van der Waals surface area contributed by atoms with Crippen molar-refractivity contribution in [2.24, 2.45) is 0 Å². The average Bonchev–Trinajstić information content (AvgIpc) is 2.44. The van der Waals surface area contributed by atoms with E-state index in [1.807, 2.05) is 0 Å². The number of carbonyl (C=O) groups is 4. The molecule has 0 aliphatic rings. The van der Waals surface area contributed by atoms with Gasteiger partial charge in [-0.05, 0) is 19.1 Å². The summed E-state index contributed by atoms with van der Waals surface area (Å²) in [7, 11) is 0. The fourth-order valence-corrected chi connectivity index (χ4v) is 1.58. The first-order valence-electron chi connectivity index (χ1n) is 6.44. The summed E-state index contributed by atoms with van der Waals surface area (Å²) in [5.41, 5.74) is 0.871. The maximum absolute atomic E-state index is 11.7. The quantitative estimate of drug-likeness (QED) is 0.583. The zero-order valence-corrected chi connectivity index (χ0v) is 12.2. The van der Waals surface area contributed by atoms with Gasteiger partial charge in [0.15, 0.2) is 0 Å². The number of aromatic carboxylic acids is 1. The molecule has 0 bridgehead atoms. The van der Waals surface area contributed by atoms with E-state index in [-0.39, 0.29) is 30.2 Å². The van der Waals surface area contributed by atoms with Crippen molar-refractivity contribution in [3.63, 3.8) is 0 Å². The predicted octanol–water partition coefficient (Wildman–Crippen LogP) is -0.116. The standard InChI is InChI=1S/C14H17N3O5/c1-8-3-4-11(10(5-8)14(21)22)17-13(20)7-16-12(19)6-15-9(2)18/h3-5H,6-7H2,1-2H3,(H,15,18)(H,16,19)(H,17,20)(H,21,22). The molecule has 8 nitrogen and oxygen atoms in total. The van der Waals surface area contributed by atoms with Crippen LogP contribution in [-0.4, -0.2) is 41.9 Å². The molecule has 8 heteroatoms. The number of hydrogen-bond acceptors (Lipinski definition) is 4. The van der Waals surface area contributed by atoms with Crippen molar-refractivity contribution in [3.8, 4) is 0 Å². The van der Waals surface area contributed by atoms with E-state index < -0.39 is 17.8 Å². The van der Waals surface area contributed by atoms with Crippen molar-refractivity contribution in [2.75, 3.05) is 18.4 Å². The van der Waals surface area contributed by atoms with E-state index in [0.717, 1.165) is 5.56 Å². The Morgan fingerprint density at radius 1 is 1.05 bits per heavy atom. The van der Waals surface area contributed by atoms with Crippen molar-refractivity contribution in [1.29, 1.82) is 0 Å². The highest BCUT2D eigenvalue weighted by Gasteiger charge is 2.13. The molecule has 1 rings (SSSR count). The number of carboxylic acid groups (broad SMARTS) is 1. The molecule has 0 radical (unpaired) electrons. The minimum atomic E-state index is -1.16. The van der Waals surface area contributed by atoms with Gasteiger partial charge in [0.25, 0.3) is 0 Å². The van der Waals surface area contributed by atoms with E-state index in [9.17, 15) is 19.2 Å². The Morgan fingerprint density at radius 3 is 2.27 bits per heavy atom. The zero-order valence-electron chi connectivity index (χ0n) is 12.2. The summed E-state index contributed by atoms with van der Waals surface area (Å²) in [6.07, 6.45) is 0. The second-order valence-electron chi connectivity index (χ2n) is 4.59. The lowest BCUT2D eigenvalue weighted by molar-refractivity contribution is -0.126. The van der Waals surface area contributed by atoms with Crippen LogP contribution in [0.1, 0.15) is 22.8 Å².